The molecule has 0 spiro atoms. The highest BCUT2D eigenvalue weighted by molar-refractivity contribution is 7.89. The standard InChI is InChI=1S/C10H14ClNO2S/c1-7(2)12-15(13,14)10-5-4-8(3)6-9(10)11/h4-7,12H,1-3H3. The molecule has 0 unspecified atom stereocenters. The lowest BCUT2D eigenvalue weighted by Crippen LogP contribution is -2.30. The highest BCUT2D eigenvalue weighted by atomic mass is 35.5. The Hall–Kier alpha value is -0.580. The summed E-state index contributed by atoms with van der Waals surface area (Å²) in [6, 6.07) is 4.73. The summed E-state index contributed by atoms with van der Waals surface area (Å²) in [7, 11) is -3.49. The lowest BCUT2D eigenvalue weighted by atomic mass is 10.2. The van der Waals surface area contributed by atoms with Crippen LogP contribution in [0.25, 0.3) is 0 Å². The van der Waals surface area contributed by atoms with E-state index >= 15 is 0 Å². The van der Waals surface area contributed by atoms with E-state index < -0.39 is 10.0 Å². The van der Waals surface area contributed by atoms with Crippen LogP contribution in [0.1, 0.15) is 19.4 Å². The van der Waals surface area contributed by atoms with Gasteiger partial charge in [0.05, 0.1) is 5.02 Å². The van der Waals surface area contributed by atoms with Crippen molar-refractivity contribution in [2.45, 2.75) is 31.7 Å². The van der Waals surface area contributed by atoms with Gasteiger partial charge in [0.2, 0.25) is 10.0 Å². The summed E-state index contributed by atoms with van der Waals surface area (Å²) in [6.07, 6.45) is 0. The Kier molecular flexibility index (Phi) is 3.76. The van der Waals surface area contributed by atoms with E-state index in [-0.39, 0.29) is 16.0 Å². The normalized spacial score (nSPS) is 12.1. The third kappa shape index (κ3) is 3.19. The smallest absolute Gasteiger partial charge is 0.209 e. The van der Waals surface area contributed by atoms with Gasteiger partial charge in [-0.3, -0.25) is 0 Å². The van der Waals surface area contributed by atoms with Crippen molar-refractivity contribution in [1.29, 1.82) is 0 Å². The summed E-state index contributed by atoms with van der Waals surface area (Å²) in [4.78, 5) is 0.128. The molecule has 0 amide bonds. The van der Waals surface area contributed by atoms with Crippen molar-refractivity contribution in [3.05, 3.63) is 28.8 Å². The van der Waals surface area contributed by atoms with Crippen LogP contribution in [0.5, 0.6) is 0 Å². The van der Waals surface area contributed by atoms with Gasteiger partial charge in [0, 0.05) is 6.04 Å². The fourth-order valence-corrected chi connectivity index (χ4v) is 3.05. The van der Waals surface area contributed by atoms with E-state index in [1.165, 1.54) is 6.07 Å². The molecule has 5 heteroatoms. The number of sulfonamides is 1. The van der Waals surface area contributed by atoms with E-state index in [0.717, 1.165) is 5.56 Å². The first-order valence-corrected chi connectivity index (χ1v) is 6.47. The van der Waals surface area contributed by atoms with Crippen LogP contribution < -0.4 is 4.72 Å². The summed E-state index contributed by atoms with van der Waals surface area (Å²) < 4.78 is 26.0. The van der Waals surface area contributed by atoms with E-state index in [0.29, 0.717) is 0 Å². The molecule has 1 aromatic carbocycles. The van der Waals surface area contributed by atoms with Crippen molar-refractivity contribution < 1.29 is 8.42 Å². The molecule has 15 heavy (non-hydrogen) atoms. The molecule has 0 aliphatic heterocycles. The highest BCUT2D eigenvalue weighted by Crippen LogP contribution is 2.22. The van der Waals surface area contributed by atoms with E-state index in [9.17, 15) is 8.42 Å². The van der Waals surface area contributed by atoms with Crippen LogP contribution in [0.15, 0.2) is 23.1 Å². The Morgan fingerprint density at radius 2 is 1.93 bits per heavy atom. The molecule has 0 bridgehead atoms. The van der Waals surface area contributed by atoms with Gasteiger partial charge in [0.15, 0.2) is 0 Å². The second-order valence-corrected chi connectivity index (χ2v) is 5.80. The van der Waals surface area contributed by atoms with E-state index in [4.69, 9.17) is 11.6 Å². The Labute approximate surface area is 95.5 Å². The van der Waals surface area contributed by atoms with Crippen LogP contribution in [-0.2, 0) is 10.0 Å². The molecule has 0 heterocycles. The van der Waals surface area contributed by atoms with Crippen molar-refractivity contribution >= 4 is 21.6 Å². The summed E-state index contributed by atoms with van der Waals surface area (Å²) in [5, 5.41) is 0.253. The first-order chi connectivity index (χ1) is 6.83. The molecule has 0 aliphatic rings. The molecule has 0 saturated carbocycles. The molecule has 0 fully saturated rings. The van der Waals surface area contributed by atoms with Gasteiger partial charge in [-0.25, -0.2) is 13.1 Å². The van der Waals surface area contributed by atoms with Gasteiger partial charge < -0.3 is 0 Å². The largest absolute Gasteiger partial charge is 0.242 e. The molecule has 0 atom stereocenters. The number of hydrogen-bond donors (Lipinski definition) is 1. The predicted molar refractivity (Wildman–Crippen MR) is 61.6 cm³/mol. The highest BCUT2D eigenvalue weighted by Gasteiger charge is 2.18. The first kappa shape index (κ1) is 12.5. The molecule has 0 saturated heterocycles. The van der Waals surface area contributed by atoms with Crippen LogP contribution in [0.4, 0.5) is 0 Å². The lowest BCUT2D eigenvalue weighted by Gasteiger charge is -2.10. The number of nitrogens with one attached hydrogen (secondary N) is 1. The fourth-order valence-electron chi connectivity index (χ4n) is 1.20. The molecule has 0 aliphatic carbocycles. The molecular formula is C10H14ClNO2S. The molecule has 3 nitrogen and oxygen atoms in total. The third-order valence-electron chi connectivity index (χ3n) is 1.77. The SMILES string of the molecule is Cc1ccc(S(=O)(=O)NC(C)C)c(Cl)c1. The Bertz CT molecular complexity index is 454. The second-order valence-electron chi connectivity index (χ2n) is 3.71. The zero-order chi connectivity index (χ0) is 11.6. The molecule has 84 valence electrons. The topological polar surface area (TPSA) is 46.2 Å². The minimum absolute atomic E-state index is 0.128. The second kappa shape index (κ2) is 4.51. The molecule has 1 rings (SSSR count). The first-order valence-electron chi connectivity index (χ1n) is 4.61. The Balaban J connectivity index is 3.16. The van der Waals surface area contributed by atoms with Gasteiger partial charge in [0.1, 0.15) is 4.90 Å². The number of aryl methyl sites for hydroxylation is 1. The zero-order valence-electron chi connectivity index (χ0n) is 8.91. The number of halogens is 1. The van der Waals surface area contributed by atoms with Gasteiger partial charge >= 0.3 is 0 Å². The van der Waals surface area contributed by atoms with Crippen LogP contribution in [-0.4, -0.2) is 14.5 Å². The molecular weight excluding hydrogens is 234 g/mol. The van der Waals surface area contributed by atoms with E-state index in [1.807, 2.05) is 6.92 Å². The van der Waals surface area contributed by atoms with Crippen LogP contribution >= 0.6 is 11.6 Å². The summed E-state index contributed by atoms with van der Waals surface area (Å²) in [6.45, 7) is 5.39. The minimum atomic E-state index is -3.49. The van der Waals surface area contributed by atoms with Crippen LogP contribution in [0, 0.1) is 6.92 Å². The molecule has 0 radical (unpaired) electrons. The maximum atomic E-state index is 11.8. The van der Waals surface area contributed by atoms with Gasteiger partial charge in [-0.2, -0.15) is 0 Å². The zero-order valence-corrected chi connectivity index (χ0v) is 10.5. The van der Waals surface area contributed by atoms with Crippen LogP contribution in [0.3, 0.4) is 0 Å². The maximum Gasteiger partial charge on any atom is 0.242 e. The minimum Gasteiger partial charge on any atom is -0.209 e. The van der Waals surface area contributed by atoms with Gasteiger partial charge in [-0.05, 0) is 38.5 Å². The van der Waals surface area contributed by atoms with Gasteiger partial charge in [0.25, 0.3) is 0 Å². The third-order valence-corrected chi connectivity index (χ3v) is 3.91. The fraction of sp³-hybridized carbons (Fsp3) is 0.400. The van der Waals surface area contributed by atoms with Crippen LogP contribution in [0.2, 0.25) is 5.02 Å². The summed E-state index contributed by atoms with van der Waals surface area (Å²) in [5.74, 6) is 0. The van der Waals surface area contributed by atoms with Crippen molar-refractivity contribution in [2.24, 2.45) is 0 Å². The van der Waals surface area contributed by atoms with Crippen molar-refractivity contribution in [2.75, 3.05) is 0 Å². The molecule has 0 aromatic heterocycles. The Morgan fingerprint density at radius 3 is 2.40 bits per heavy atom. The average molecular weight is 248 g/mol. The molecule has 1 N–H and O–H groups in total. The quantitative estimate of drug-likeness (QED) is 0.891. The average Bonchev–Trinajstić information content (AvgIpc) is 1.99. The summed E-state index contributed by atoms with van der Waals surface area (Å²) >= 11 is 5.88. The summed E-state index contributed by atoms with van der Waals surface area (Å²) in [5.41, 5.74) is 0.934. The van der Waals surface area contributed by atoms with Crippen molar-refractivity contribution in [3.8, 4) is 0 Å². The van der Waals surface area contributed by atoms with Gasteiger partial charge in [-0.1, -0.05) is 17.7 Å². The lowest BCUT2D eigenvalue weighted by molar-refractivity contribution is 0.570. The number of hydrogen-bond acceptors (Lipinski definition) is 2. The van der Waals surface area contributed by atoms with E-state index in [2.05, 4.69) is 4.72 Å². The van der Waals surface area contributed by atoms with Crippen molar-refractivity contribution in [3.63, 3.8) is 0 Å². The Morgan fingerprint density at radius 1 is 1.33 bits per heavy atom. The van der Waals surface area contributed by atoms with Gasteiger partial charge in [-0.15, -0.1) is 0 Å². The maximum absolute atomic E-state index is 11.8. The van der Waals surface area contributed by atoms with E-state index in [1.54, 1.807) is 26.0 Å². The number of benzene rings is 1. The molecule has 1 aromatic rings. The van der Waals surface area contributed by atoms with Crippen molar-refractivity contribution in [1.82, 2.24) is 4.72 Å². The number of rotatable bonds is 3. The predicted octanol–water partition coefficient (Wildman–Crippen LogP) is 2.34. The monoisotopic (exact) mass is 247 g/mol.